The number of hydrogen-bond donors (Lipinski definition) is 1. The number of methoxy groups -OCH3 is 1. The molecule has 0 bridgehead atoms. The van der Waals surface area contributed by atoms with Gasteiger partial charge < -0.3 is 24.8 Å². The quantitative estimate of drug-likeness (QED) is 0.783. The molecule has 3 atom stereocenters. The van der Waals surface area contributed by atoms with Crippen LogP contribution in [0.4, 0.5) is 4.79 Å². The molecule has 1 saturated heterocycles. The third kappa shape index (κ3) is 4.06. The van der Waals surface area contributed by atoms with Crippen molar-refractivity contribution in [2.24, 2.45) is 5.73 Å². The molecule has 2 amide bonds. The van der Waals surface area contributed by atoms with Crippen molar-refractivity contribution >= 4 is 12.0 Å². The van der Waals surface area contributed by atoms with Crippen molar-refractivity contribution in [1.29, 1.82) is 0 Å². The Hall–Kier alpha value is -3.22. The summed E-state index contributed by atoms with van der Waals surface area (Å²) in [5.41, 5.74) is 7.32. The molecule has 2 aliphatic heterocycles. The van der Waals surface area contributed by atoms with Crippen LogP contribution in [0.25, 0.3) is 0 Å². The lowest BCUT2D eigenvalue weighted by molar-refractivity contribution is -0.154. The minimum absolute atomic E-state index is 0.124. The summed E-state index contributed by atoms with van der Waals surface area (Å²) in [5, 5.41) is 0. The molecule has 3 unspecified atom stereocenters. The molecule has 0 aliphatic carbocycles. The molecule has 0 radical (unpaired) electrons. The highest BCUT2D eigenvalue weighted by Gasteiger charge is 2.37. The van der Waals surface area contributed by atoms with Crippen LogP contribution in [0.1, 0.15) is 35.8 Å². The number of carbonyl (C=O) groups excluding carboxylic acids is 2. The standard InChI is InChI=1S/C23H26N2O5/c1-28-16-7-8-20-18(13-16)17(10-12-29-20)22(26)30-21-9-11-25(23(24)27)14-19(21)15-5-3-2-4-6-15/h2-8,13,17,19,21H,9-12,14H2,1H3,(H2,24,27). The van der Waals surface area contributed by atoms with Gasteiger partial charge in [-0.05, 0) is 30.2 Å². The van der Waals surface area contributed by atoms with E-state index in [4.69, 9.17) is 19.9 Å². The fourth-order valence-electron chi connectivity index (χ4n) is 4.27. The molecule has 2 N–H and O–H groups in total. The number of piperidine rings is 1. The molecule has 7 nitrogen and oxygen atoms in total. The Morgan fingerprint density at radius 1 is 1.13 bits per heavy atom. The minimum atomic E-state index is -0.453. The van der Waals surface area contributed by atoms with Gasteiger partial charge in [0.1, 0.15) is 17.6 Å². The minimum Gasteiger partial charge on any atom is -0.497 e. The monoisotopic (exact) mass is 410 g/mol. The Bertz CT molecular complexity index is 917. The highest BCUT2D eigenvalue weighted by atomic mass is 16.5. The summed E-state index contributed by atoms with van der Waals surface area (Å²) in [4.78, 5) is 26.5. The summed E-state index contributed by atoms with van der Waals surface area (Å²) in [6.45, 7) is 1.35. The van der Waals surface area contributed by atoms with E-state index < -0.39 is 11.9 Å². The van der Waals surface area contributed by atoms with Crippen LogP contribution in [0.5, 0.6) is 11.5 Å². The van der Waals surface area contributed by atoms with Crippen LogP contribution in [-0.4, -0.2) is 49.8 Å². The Labute approximate surface area is 175 Å². The first kappa shape index (κ1) is 20.1. The average Bonchev–Trinajstić information content (AvgIpc) is 2.78. The summed E-state index contributed by atoms with van der Waals surface area (Å²) in [7, 11) is 1.59. The van der Waals surface area contributed by atoms with E-state index in [1.54, 1.807) is 12.0 Å². The molecular weight excluding hydrogens is 384 g/mol. The Balaban J connectivity index is 1.55. The zero-order chi connectivity index (χ0) is 21.1. The lowest BCUT2D eigenvalue weighted by Crippen LogP contribution is -2.48. The van der Waals surface area contributed by atoms with E-state index in [1.165, 1.54) is 0 Å². The van der Waals surface area contributed by atoms with E-state index in [-0.39, 0.29) is 18.0 Å². The summed E-state index contributed by atoms with van der Waals surface area (Å²) < 4.78 is 17.1. The van der Waals surface area contributed by atoms with Crippen LogP contribution >= 0.6 is 0 Å². The third-order valence-electron chi connectivity index (χ3n) is 5.90. The van der Waals surface area contributed by atoms with Gasteiger partial charge in [-0.15, -0.1) is 0 Å². The van der Waals surface area contributed by atoms with E-state index >= 15 is 0 Å². The van der Waals surface area contributed by atoms with Crippen molar-refractivity contribution in [2.75, 3.05) is 26.8 Å². The van der Waals surface area contributed by atoms with Gasteiger partial charge in [0.15, 0.2) is 0 Å². The first-order chi connectivity index (χ1) is 14.6. The van der Waals surface area contributed by atoms with Crippen molar-refractivity contribution in [2.45, 2.75) is 30.8 Å². The van der Waals surface area contributed by atoms with Gasteiger partial charge in [-0.2, -0.15) is 0 Å². The maximum absolute atomic E-state index is 13.2. The van der Waals surface area contributed by atoms with E-state index in [2.05, 4.69) is 0 Å². The number of nitrogens with zero attached hydrogens (tertiary/aromatic N) is 1. The normalized spacial score (nSPS) is 23.1. The van der Waals surface area contributed by atoms with Crippen molar-refractivity contribution in [1.82, 2.24) is 4.90 Å². The highest BCUT2D eigenvalue weighted by molar-refractivity contribution is 5.80. The number of hydrogen-bond acceptors (Lipinski definition) is 5. The van der Waals surface area contributed by atoms with Gasteiger partial charge in [0, 0.05) is 31.0 Å². The molecule has 1 fully saturated rings. The van der Waals surface area contributed by atoms with Crippen molar-refractivity contribution in [3.63, 3.8) is 0 Å². The van der Waals surface area contributed by atoms with Crippen LogP contribution in [0.15, 0.2) is 48.5 Å². The van der Waals surface area contributed by atoms with Gasteiger partial charge >= 0.3 is 12.0 Å². The van der Waals surface area contributed by atoms with Crippen LogP contribution < -0.4 is 15.2 Å². The molecule has 2 aromatic carbocycles. The number of carbonyl (C=O) groups is 2. The number of nitrogens with two attached hydrogens (primary N) is 1. The number of ether oxygens (including phenoxy) is 3. The number of likely N-dealkylation sites (tertiary alicyclic amines) is 1. The molecule has 0 aromatic heterocycles. The SMILES string of the molecule is COc1ccc2c(c1)C(C(=O)OC1CCN(C(N)=O)CC1c1ccccc1)CCO2. The largest absolute Gasteiger partial charge is 0.497 e. The topological polar surface area (TPSA) is 91.1 Å². The van der Waals surface area contributed by atoms with Crippen molar-refractivity contribution in [3.05, 3.63) is 59.7 Å². The maximum atomic E-state index is 13.2. The molecule has 2 heterocycles. The summed E-state index contributed by atoms with van der Waals surface area (Å²) in [6, 6.07) is 14.8. The first-order valence-corrected chi connectivity index (χ1v) is 10.2. The number of benzene rings is 2. The number of esters is 1. The summed E-state index contributed by atoms with van der Waals surface area (Å²) in [6.07, 6.45) is 0.768. The molecular formula is C23H26N2O5. The number of primary amides is 1. The average molecular weight is 410 g/mol. The van der Waals surface area contributed by atoms with Gasteiger partial charge in [0.05, 0.1) is 19.6 Å². The van der Waals surface area contributed by atoms with Crippen LogP contribution in [0.3, 0.4) is 0 Å². The van der Waals surface area contributed by atoms with Crippen molar-refractivity contribution in [3.8, 4) is 11.5 Å². The Kier molecular flexibility index (Phi) is 5.79. The maximum Gasteiger partial charge on any atom is 0.314 e. The number of fused-ring (bicyclic) bond motifs is 1. The molecule has 0 spiro atoms. The fraction of sp³-hybridized carbons (Fsp3) is 0.391. The second kappa shape index (κ2) is 8.65. The van der Waals surface area contributed by atoms with Crippen LogP contribution in [-0.2, 0) is 9.53 Å². The molecule has 2 aliphatic rings. The molecule has 2 aromatic rings. The molecule has 158 valence electrons. The van der Waals surface area contributed by atoms with E-state index in [9.17, 15) is 9.59 Å². The fourth-order valence-corrected chi connectivity index (χ4v) is 4.27. The van der Waals surface area contributed by atoms with Gasteiger partial charge in [0.25, 0.3) is 0 Å². The molecule has 4 rings (SSSR count). The zero-order valence-corrected chi connectivity index (χ0v) is 17.0. The van der Waals surface area contributed by atoms with Crippen molar-refractivity contribution < 1.29 is 23.8 Å². The van der Waals surface area contributed by atoms with Crippen LogP contribution in [0.2, 0.25) is 0 Å². The first-order valence-electron chi connectivity index (χ1n) is 10.2. The molecule has 30 heavy (non-hydrogen) atoms. The highest BCUT2D eigenvalue weighted by Crippen LogP contribution is 2.38. The van der Waals surface area contributed by atoms with Gasteiger partial charge in [-0.3, -0.25) is 4.79 Å². The zero-order valence-electron chi connectivity index (χ0n) is 17.0. The smallest absolute Gasteiger partial charge is 0.314 e. The molecule has 7 heteroatoms. The van der Waals surface area contributed by atoms with Gasteiger partial charge in [0.2, 0.25) is 0 Å². The van der Waals surface area contributed by atoms with Crippen LogP contribution in [0, 0.1) is 0 Å². The number of amides is 2. The lowest BCUT2D eigenvalue weighted by atomic mass is 9.87. The Morgan fingerprint density at radius 3 is 2.67 bits per heavy atom. The lowest BCUT2D eigenvalue weighted by Gasteiger charge is -2.38. The summed E-state index contributed by atoms with van der Waals surface area (Å²) >= 11 is 0. The van der Waals surface area contributed by atoms with Gasteiger partial charge in [-0.1, -0.05) is 30.3 Å². The molecule has 0 saturated carbocycles. The second-order valence-electron chi connectivity index (χ2n) is 7.66. The van der Waals surface area contributed by atoms with E-state index in [0.29, 0.717) is 44.0 Å². The number of rotatable bonds is 4. The predicted molar refractivity (Wildman–Crippen MR) is 111 cm³/mol. The van der Waals surface area contributed by atoms with Gasteiger partial charge in [-0.25, -0.2) is 4.79 Å². The second-order valence-corrected chi connectivity index (χ2v) is 7.66. The third-order valence-corrected chi connectivity index (χ3v) is 5.90. The van der Waals surface area contributed by atoms with E-state index in [1.807, 2.05) is 48.5 Å². The summed E-state index contributed by atoms with van der Waals surface area (Å²) in [5.74, 6) is 0.558. The Morgan fingerprint density at radius 2 is 1.93 bits per heavy atom. The predicted octanol–water partition coefficient (Wildman–Crippen LogP) is 3.04. The number of urea groups is 1. The van der Waals surface area contributed by atoms with E-state index in [0.717, 1.165) is 11.1 Å².